The highest BCUT2D eigenvalue weighted by atomic mass is 32.1. The van der Waals surface area contributed by atoms with Crippen molar-refractivity contribution in [3.8, 4) is 5.75 Å². The highest BCUT2D eigenvalue weighted by Gasteiger charge is 2.18. The third kappa shape index (κ3) is 2.71. The van der Waals surface area contributed by atoms with Gasteiger partial charge >= 0.3 is 4.94 Å². The summed E-state index contributed by atoms with van der Waals surface area (Å²) in [5, 5.41) is 0. The molecule has 0 aliphatic heterocycles. The largest absolute Gasteiger partial charge is 0.496 e. The number of methoxy groups -OCH3 is 1. The van der Waals surface area contributed by atoms with Crippen molar-refractivity contribution in [2.24, 2.45) is 0 Å². The second-order valence-corrected chi connectivity index (χ2v) is 5.48. The molecule has 0 N–H and O–H groups in total. The molecule has 3 aromatic rings. The molecule has 0 fully saturated rings. The number of fused-ring (bicyclic) bond motifs is 1. The van der Waals surface area contributed by atoms with E-state index in [4.69, 9.17) is 9.15 Å². The van der Waals surface area contributed by atoms with Gasteiger partial charge in [-0.15, -0.1) is 0 Å². The number of ketones is 1. The van der Waals surface area contributed by atoms with Crippen molar-refractivity contribution < 1.29 is 13.9 Å². The molecule has 22 heavy (non-hydrogen) atoms. The summed E-state index contributed by atoms with van der Waals surface area (Å²) in [4.78, 5) is 23.5. The molecule has 0 atom stereocenters. The predicted molar refractivity (Wildman–Crippen MR) is 86.7 cm³/mol. The van der Waals surface area contributed by atoms with Crippen LogP contribution in [0.15, 0.2) is 57.8 Å². The highest BCUT2D eigenvalue weighted by molar-refractivity contribution is 7.16. The van der Waals surface area contributed by atoms with Crippen LogP contribution in [0.25, 0.3) is 16.4 Å². The number of hydrogen-bond donors (Lipinski definition) is 0. The molecule has 1 aromatic heterocycles. The van der Waals surface area contributed by atoms with E-state index in [2.05, 4.69) is 0 Å². The van der Waals surface area contributed by atoms with Crippen LogP contribution in [0.1, 0.15) is 15.9 Å². The minimum atomic E-state index is -0.440. The quantitative estimate of drug-likeness (QED) is 0.544. The molecule has 0 aliphatic carbocycles. The highest BCUT2D eigenvalue weighted by Crippen LogP contribution is 2.30. The Bertz CT molecular complexity index is 903. The summed E-state index contributed by atoms with van der Waals surface area (Å²) in [6.45, 7) is 0. The lowest BCUT2D eigenvalue weighted by molar-refractivity contribution is 0.104. The summed E-state index contributed by atoms with van der Waals surface area (Å²) in [6.07, 6.45) is 3.19. The standard InChI is InChI=1S/C17H12O4S/c1-20-13-9-10-14-16(22-17(19)21-14)15(13)12(18)8-7-11-5-3-2-4-6-11/h2-10H,1H3/b8-7+. The fraction of sp³-hybridized carbons (Fsp3) is 0.0588. The number of ether oxygens (including phenoxy) is 1. The van der Waals surface area contributed by atoms with E-state index < -0.39 is 4.94 Å². The van der Waals surface area contributed by atoms with Gasteiger partial charge in [0, 0.05) is 0 Å². The van der Waals surface area contributed by atoms with Gasteiger partial charge in [-0.2, -0.15) is 0 Å². The van der Waals surface area contributed by atoms with Gasteiger partial charge in [-0.25, -0.2) is 4.79 Å². The van der Waals surface area contributed by atoms with E-state index in [0.717, 1.165) is 16.9 Å². The number of carbonyl (C=O) groups is 1. The van der Waals surface area contributed by atoms with Crippen LogP contribution in [0, 0.1) is 0 Å². The normalized spacial score (nSPS) is 11.1. The molecule has 5 heteroatoms. The first-order valence-corrected chi connectivity index (χ1v) is 7.39. The lowest BCUT2D eigenvalue weighted by Crippen LogP contribution is -1.99. The molecule has 2 aromatic carbocycles. The van der Waals surface area contributed by atoms with E-state index in [1.807, 2.05) is 30.3 Å². The average molecular weight is 312 g/mol. The minimum absolute atomic E-state index is 0.233. The molecule has 0 saturated heterocycles. The molecular weight excluding hydrogens is 300 g/mol. The summed E-state index contributed by atoms with van der Waals surface area (Å²) in [7, 11) is 1.49. The van der Waals surface area contributed by atoms with Gasteiger partial charge in [0.1, 0.15) is 5.75 Å². The van der Waals surface area contributed by atoms with Crippen LogP contribution in [0.5, 0.6) is 5.75 Å². The first-order valence-electron chi connectivity index (χ1n) is 6.57. The SMILES string of the molecule is COc1ccc2oc(=O)sc2c1C(=O)/C=C/c1ccccc1. The second-order valence-electron chi connectivity index (χ2n) is 4.53. The fourth-order valence-corrected chi connectivity index (χ4v) is 2.96. The maximum atomic E-state index is 12.5. The molecule has 0 amide bonds. The zero-order valence-corrected chi connectivity index (χ0v) is 12.6. The number of benzene rings is 2. The van der Waals surface area contributed by atoms with Crippen molar-refractivity contribution >= 4 is 33.5 Å². The molecule has 4 nitrogen and oxygen atoms in total. The number of allylic oxidation sites excluding steroid dienone is 1. The van der Waals surface area contributed by atoms with Crippen molar-refractivity contribution in [1.29, 1.82) is 0 Å². The first-order chi connectivity index (χ1) is 10.7. The predicted octanol–water partition coefficient (Wildman–Crippen LogP) is 3.76. The van der Waals surface area contributed by atoms with Gasteiger partial charge in [-0.3, -0.25) is 4.79 Å². The number of carbonyl (C=O) groups excluding carboxylic acids is 1. The van der Waals surface area contributed by atoms with E-state index in [1.165, 1.54) is 13.2 Å². The Hall–Kier alpha value is -2.66. The van der Waals surface area contributed by atoms with Crippen molar-refractivity contribution in [1.82, 2.24) is 0 Å². The maximum Gasteiger partial charge on any atom is 0.396 e. The number of hydrogen-bond acceptors (Lipinski definition) is 5. The minimum Gasteiger partial charge on any atom is -0.496 e. The van der Waals surface area contributed by atoms with E-state index in [-0.39, 0.29) is 5.78 Å². The van der Waals surface area contributed by atoms with Crippen LogP contribution >= 0.6 is 11.3 Å². The maximum absolute atomic E-state index is 12.5. The fourth-order valence-electron chi connectivity index (χ4n) is 2.14. The van der Waals surface area contributed by atoms with Gasteiger partial charge in [0.15, 0.2) is 11.4 Å². The van der Waals surface area contributed by atoms with Crippen molar-refractivity contribution in [3.63, 3.8) is 0 Å². The van der Waals surface area contributed by atoms with E-state index >= 15 is 0 Å². The third-order valence-corrected chi connectivity index (χ3v) is 4.01. The van der Waals surface area contributed by atoms with E-state index in [1.54, 1.807) is 18.2 Å². The van der Waals surface area contributed by atoms with Gasteiger partial charge < -0.3 is 9.15 Å². The summed E-state index contributed by atoms with van der Waals surface area (Å²) in [6, 6.07) is 12.8. The Kier molecular flexibility index (Phi) is 3.89. The smallest absolute Gasteiger partial charge is 0.396 e. The van der Waals surface area contributed by atoms with E-state index in [9.17, 15) is 9.59 Å². The lowest BCUT2D eigenvalue weighted by atomic mass is 10.1. The van der Waals surface area contributed by atoms with Crippen LogP contribution in [0.3, 0.4) is 0 Å². The molecule has 110 valence electrons. The van der Waals surface area contributed by atoms with Crippen LogP contribution in [-0.4, -0.2) is 12.9 Å². The number of rotatable bonds is 4. The summed E-state index contributed by atoms with van der Waals surface area (Å²) in [5.41, 5.74) is 1.66. The Morgan fingerprint density at radius 1 is 1.18 bits per heavy atom. The topological polar surface area (TPSA) is 56.5 Å². The molecule has 3 rings (SSSR count). The molecule has 0 radical (unpaired) electrons. The molecule has 0 unspecified atom stereocenters. The molecule has 0 spiro atoms. The van der Waals surface area contributed by atoms with Crippen molar-refractivity contribution in [3.05, 3.63) is 69.4 Å². The molecule has 0 aliphatic rings. The van der Waals surface area contributed by atoms with Gasteiger partial charge in [0.05, 0.1) is 17.4 Å². The van der Waals surface area contributed by atoms with E-state index in [0.29, 0.717) is 21.6 Å². The van der Waals surface area contributed by atoms with Crippen molar-refractivity contribution in [2.45, 2.75) is 0 Å². The Morgan fingerprint density at radius 2 is 1.95 bits per heavy atom. The van der Waals surface area contributed by atoms with Gasteiger partial charge in [-0.05, 0) is 23.8 Å². The van der Waals surface area contributed by atoms with Gasteiger partial charge in [0.2, 0.25) is 0 Å². The van der Waals surface area contributed by atoms with Crippen LogP contribution in [0.4, 0.5) is 0 Å². The van der Waals surface area contributed by atoms with Crippen LogP contribution in [-0.2, 0) is 0 Å². The van der Waals surface area contributed by atoms with Gasteiger partial charge in [0.25, 0.3) is 0 Å². The third-order valence-electron chi connectivity index (χ3n) is 3.16. The van der Waals surface area contributed by atoms with Gasteiger partial charge in [-0.1, -0.05) is 47.7 Å². The summed E-state index contributed by atoms with van der Waals surface area (Å²) < 4.78 is 10.8. The zero-order chi connectivity index (χ0) is 15.5. The summed E-state index contributed by atoms with van der Waals surface area (Å²) >= 11 is 0.901. The lowest BCUT2D eigenvalue weighted by Gasteiger charge is -2.05. The zero-order valence-electron chi connectivity index (χ0n) is 11.7. The molecule has 0 saturated carbocycles. The summed E-state index contributed by atoms with van der Waals surface area (Å²) in [5.74, 6) is 0.190. The first kappa shape index (κ1) is 14.3. The Morgan fingerprint density at radius 3 is 2.68 bits per heavy atom. The average Bonchev–Trinajstić information content (AvgIpc) is 2.92. The van der Waals surface area contributed by atoms with Crippen LogP contribution in [0.2, 0.25) is 0 Å². The molecule has 1 heterocycles. The monoisotopic (exact) mass is 312 g/mol. The van der Waals surface area contributed by atoms with Crippen LogP contribution < -0.4 is 9.68 Å². The molecular formula is C17H12O4S. The Balaban J connectivity index is 2.06. The Labute approximate surface area is 130 Å². The van der Waals surface area contributed by atoms with Crippen molar-refractivity contribution in [2.75, 3.05) is 7.11 Å². The molecule has 0 bridgehead atoms. The second kappa shape index (κ2) is 5.99.